The van der Waals surface area contributed by atoms with Crippen LogP contribution in [0.1, 0.15) is 18.9 Å². The first-order valence-corrected chi connectivity index (χ1v) is 7.81. The van der Waals surface area contributed by atoms with Crippen molar-refractivity contribution in [2.45, 2.75) is 26.4 Å². The van der Waals surface area contributed by atoms with Crippen LogP contribution in [-0.4, -0.2) is 40.9 Å². The molecule has 7 heteroatoms. The van der Waals surface area contributed by atoms with Gasteiger partial charge in [-0.05, 0) is 31.0 Å². The van der Waals surface area contributed by atoms with Crippen LogP contribution in [0.25, 0.3) is 0 Å². The van der Waals surface area contributed by atoms with Crippen LogP contribution in [0.3, 0.4) is 0 Å². The van der Waals surface area contributed by atoms with Crippen molar-refractivity contribution in [2.24, 2.45) is 4.99 Å². The van der Waals surface area contributed by atoms with Crippen molar-refractivity contribution in [3.05, 3.63) is 42.4 Å². The highest BCUT2D eigenvalue weighted by Gasteiger charge is 2.01. The normalized spacial score (nSPS) is 11.3. The highest BCUT2D eigenvalue weighted by Crippen LogP contribution is 2.08. The molecule has 0 aliphatic carbocycles. The summed E-state index contributed by atoms with van der Waals surface area (Å²) in [6.07, 6.45) is 6.49. The van der Waals surface area contributed by atoms with Gasteiger partial charge in [0.25, 0.3) is 0 Å². The number of aryl methyl sites for hydroxylation is 1. The topological polar surface area (TPSA) is 76.4 Å². The first-order chi connectivity index (χ1) is 11.3. The molecule has 124 valence electrons. The monoisotopic (exact) mass is 316 g/mol. The second-order valence-corrected chi connectivity index (χ2v) is 4.91. The summed E-state index contributed by atoms with van der Waals surface area (Å²) in [6.45, 7) is 4.95. The van der Waals surface area contributed by atoms with Crippen molar-refractivity contribution >= 4 is 5.96 Å². The lowest BCUT2D eigenvalue weighted by Gasteiger charge is -2.12. The maximum absolute atomic E-state index is 5.40. The number of ether oxygens (including phenoxy) is 1. The van der Waals surface area contributed by atoms with Crippen molar-refractivity contribution in [1.82, 2.24) is 25.4 Å². The van der Waals surface area contributed by atoms with Gasteiger partial charge in [-0.15, -0.1) is 0 Å². The van der Waals surface area contributed by atoms with Crippen molar-refractivity contribution in [3.8, 4) is 5.88 Å². The zero-order chi connectivity index (χ0) is 16.3. The first kappa shape index (κ1) is 16.8. The molecule has 0 fully saturated rings. The van der Waals surface area contributed by atoms with Crippen molar-refractivity contribution in [1.29, 1.82) is 0 Å². The lowest BCUT2D eigenvalue weighted by Crippen LogP contribution is -2.37. The summed E-state index contributed by atoms with van der Waals surface area (Å²) in [5.74, 6) is 1.43. The van der Waals surface area contributed by atoms with Crippen LogP contribution < -0.4 is 15.4 Å². The number of pyridine rings is 1. The highest BCUT2D eigenvalue weighted by atomic mass is 16.5. The third-order valence-corrected chi connectivity index (χ3v) is 3.19. The van der Waals surface area contributed by atoms with Gasteiger partial charge in [-0.25, -0.2) is 4.98 Å². The van der Waals surface area contributed by atoms with Crippen LogP contribution in [0.5, 0.6) is 5.88 Å². The molecule has 0 saturated carbocycles. The standard InChI is InChI=1S/C16H24N6O/c1-3-23-15-12-14(6-9-18-15)13-20-16(17-2)19-7-4-10-22-11-5-8-21-22/h5-6,8-9,11-12H,3-4,7,10,13H2,1-2H3,(H2,17,19,20). The fourth-order valence-electron chi connectivity index (χ4n) is 2.07. The molecule has 2 N–H and O–H groups in total. The fraction of sp³-hybridized carbons (Fsp3) is 0.438. The molecule has 0 amide bonds. The Morgan fingerprint density at radius 3 is 3.00 bits per heavy atom. The van der Waals surface area contributed by atoms with E-state index in [2.05, 4.69) is 25.7 Å². The van der Waals surface area contributed by atoms with E-state index in [0.717, 1.165) is 31.0 Å². The molecule has 2 heterocycles. The predicted molar refractivity (Wildman–Crippen MR) is 90.5 cm³/mol. The van der Waals surface area contributed by atoms with Crippen LogP contribution in [-0.2, 0) is 13.1 Å². The van der Waals surface area contributed by atoms with Crippen LogP contribution in [0.15, 0.2) is 41.8 Å². The summed E-state index contributed by atoms with van der Waals surface area (Å²) in [6, 6.07) is 5.82. The molecule has 0 saturated heterocycles. The van der Waals surface area contributed by atoms with Gasteiger partial charge < -0.3 is 15.4 Å². The Balaban J connectivity index is 1.71. The summed E-state index contributed by atoms with van der Waals surface area (Å²) in [4.78, 5) is 8.38. The molecule has 0 aliphatic heterocycles. The number of aromatic nitrogens is 3. The molecule has 0 aliphatic rings. The molecule has 7 nitrogen and oxygen atoms in total. The van der Waals surface area contributed by atoms with Crippen LogP contribution in [0.2, 0.25) is 0 Å². The first-order valence-electron chi connectivity index (χ1n) is 7.81. The summed E-state index contributed by atoms with van der Waals surface area (Å²) in [5.41, 5.74) is 1.10. The Morgan fingerprint density at radius 2 is 2.26 bits per heavy atom. The van der Waals surface area contributed by atoms with Crippen LogP contribution >= 0.6 is 0 Å². The lowest BCUT2D eigenvalue weighted by atomic mass is 10.2. The van der Waals surface area contributed by atoms with Crippen molar-refractivity contribution < 1.29 is 4.74 Å². The smallest absolute Gasteiger partial charge is 0.213 e. The average Bonchev–Trinajstić information content (AvgIpc) is 3.08. The van der Waals surface area contributed by atoms with E-state index >= 15 is 0 Å². The maximum atomic E-state index is 5.40. The number of hydrogen-bond acceptors (Lipinski definition) is 4. The zero-order valence-corrected chi connectivity index (χ0v) is 13.7. The quantitative estimate of drug-likeness (QED) is 0.438. The summed E-state index contributed by atoms with van der Waals surface area (Å²) in [7, 11) is 1.76. The van der Waals surface area contributed by atoms with E-state index in [1.54, 1.807) is 19.4 Å². The molecule has 0 bridgehead atoms. The third kappa shape index (κ3) is 5.98. The molecule has 0 atom stereocenters. The molecule has 0 spiro atoms. The number of nitrogens with zero attached hydrogens (tertiary/aromatic N) is 4. The average molecular weight is 316 g/mol. The minimum absolute atomic E-state index is 0.614. The second-order valence-electron chi connectivity index (χ2n) is 4.91. The largest absolute Gasteiger partial charge is 0.478 e. The molecule has 0 aromatic carbocycles. The number of nitrogens with one attached hydrogen (secondary N) is 2. The number of aliphatic imine (C=N–C) groups is 1. The molecule has 2 aromatic heterocycles. The molecule has 2 aromatic rings. The van der Waals surface area contributed by atoms with Crippen LogP contribution in [0, 0.1) is 0 Å². The van der Waals surface area contributed by atoms with E-state index in [1.807, 2.05) is 36.0 Å². The Morgan fingerprint density at radius 1 is 1.35 bits per heavy atom. The third-order valence-electron chi connectivity index (χ3n) is 3.19. The highest BCUT2D eigenvalue weighted by molar-refractivity contribution is 5.79. The van der Waals surface area contributed by atoms with E-state index < -0.39 is 0 Å². The molecule has 0 radical (unpaired) electrons. The fourth-order valence-corrected chi connectivity index (χ4v) is 2.07. The molecule has 2 rings (SSSR count). The predicted octanol–water partition coefficient (Wildman–Crippen LogP) is 1.43. The van der Waals surface area contributed by atoms with Crippen molar-refractivity contribution in [3.63, 3.8) is 0 Å². The minimum atomic E-state index is 0.614. The van der Waals surface area contributed by atoms with E-state index in [1.165, 1.54) is 0 Å². The Bertz CT molecular complexity index is 596. The van der Waals surface area contributed by atoms with Gasteiger partial charge in [0, 0.05) is 51.3 Å². The SMILES string of the molecule is CCOc1cc(CNC(=NC)NCCCn2cccn2)ccn1. The van der Waals surface area contributed by atoms with Gasteiger partial charge in [0.2, 0.25) is 5.88 Å². The summed E-state index contributed by atoms with van der Waals surface area (Å²) >= 11 is 0. The lowest BCUT2D eigenvalue weighted by molar-refractivity contribution is 0.326. The molecular formula is C16H24N6O. The Labute approximate surface area is 136 Å². The van der Waals surface area contributed by atoms with E-state index in [0.29, 0.717) is 19.0 Å². The maximum Gasteiger partial charge on any atom is 0.213 e. The Hall–Kier alpha value is -2.57. The van der Waals surface area contributed by atoms with Gasteiger partial charge in [-0.3, -0.25) is 9.67 Å². The van der Waals surface area contributed by atoms with Gasteiger partial charge in [0.1, 0.15) is 0 Å². The minimum Gasteiger partial charge on any atom is -0.478 e. The summed E-state index contributed by atoms with van der Waals surface area (Å²) < 4.78 is 7.32. The van der Waals surface area contributed by atoms with Crippen molar-refractivity contribution in [2.75, 3.05) is 20.2 Å². The van der Waals surface area contributed by atoms with Gasteiger partial charge >= 0.3 is 0 Å². The van der Waals surface area contributed by atoms with Gasteiger partial charge in [0.15, 0.2) is 5.96 Å². The summed E-state index contributed by atoms with van der Waals surface area (Å²) in [5, 5.41) is 10.8. The van der Waals surface area contributed by atoms with Gasteiger partial charge in [-0.1, -0.05) is 0 Å². The molecule has 23 heavy (non-hydrogen) atoms. The van der Waals surface area contributed by atoms with Crippen LogP contribution in [0.4, 0.5) is 0 Å². The molecule has 0 unspecified atom stereocenters. The number of guanidine groups is 1. The number of hydrogen-bond donors (Lipinski definition) is 2. The van der Waals surface area contributed by atoms with E-state index in [-0.39, 0.29) is 0 Å². The van der Waals surface area contributed by atoms with E-state index in [9.17, 15) is 0 Å². The van der Waals surface area contributed by atoms with Gasteiger partial charge in [-0.2, -0.15) is 5.10 Å². The Kier molecular flexibility index (Phi) is 6.90. The second kappa shape index (κ2) is 9.45. The zero-order valence-electron chi connectivity index (χ0n) is 13.7. The molecular weight excluding hydrogens is 292 g/mol. The number of rotatable bonds is 8. The van der Waals surface area contributed by atoms with Gasteiger partial charge in [0.05, 0.1) is 6.61 Å². The van der Waals surface area contributed by atoms with E-state index in [4.69, 9.17) is 4.74 Å².